The van der Waals surface area contributed by atoms with Gasteiger partial charge in [0.25, 0.3) is 0 Å². The van der Waals surface area contributed by atoms with Crippen molar-refractivity contribution >= 4 is 12.0 Å². The average molecular weight is 508 g/mol. The van der Waals surface area contributed by atoms with Gasteiger partial charge in [-0.1, -0.05) is 30.3 Å². The number of alkyl halides is 2. The van der Waals surface area contributed by atoms with Crippen LogP contribution < -0.4 is 5.32 Å². The number of hydrogen-bond acceptors (Lipinski definition) is 5. The zero-order chi connectivity index (χ0) is 25.8. The summed E-state index contributed by atoms with van der Waals surface area (Å²) in [5.41, 5.74) is 3.01. The number of carbonyl (C=O) groups is 1. The molecule has 37 heavy (non-hydrogen) atoms. The van der Waals surface area contributed by atoms with E-state index in [9.17, 15) is 18.0 Å². The molecule has 0 radical (unpaired) electrons. The number of ether oxygens (including phenoxy) is 1. The fraction of sp³-hybridized carbons (Fsp3) is 0.259. The molecule has 0 spiro atoms. The highest BCUT2D eigenvalue weighted by molar-refractivity contribution is 5.83. The molecule has 190 valence electrons. The van der Waals surface area contributed by atoms with E-state index < -0.39 is 12.0 Å². The van der Waals surface area contributed by atoms with Crippen molar-refractivity contribution in [1.29, 1.82) is 0 Å². The van der Waals surface area contributed by atoms with Crippen molar-refractivity contribution in [3.8, 4) is 22.6 Å². The number of amides is 1. The average Bonchev–Trinajstić information content (AvgIpc) is 3.34. The third-order valence-electron chi connectivity index (χ3n) is 6.32. The Kier molecular flexibility index (Phi) is 6.89. The zero-order valence-corrected chi connectivity index (χ0v) is 19.8. The Hall–Kier alpha value is -4.21. The van der Waals surface area contributed by atoms with E-state index in [1.165, 1.54) is 18.3 Å². The minimum absolute atomic E-state index is 0.0172. The Bertz CT molecular complexity index is 1370. The molecule has 2 aromatic carbocycles. The summed E-state index contributed by atoms with van der Waals surface area (Å²) in [5.74, 6) is -3.05. The van der Waals surface area contributed by atoms with Crippen molar-refractivity contribution in [2.24, 2.45) is 0 Å². The molecule has 1 aliphatic rings. The first-order valence-electron chi connectivity index (χ1n) is 11.9. The minimum Gasteiger partial charge on any atom is -0.444 e. The van der Waals surface area contributed by atoms with Gasteiger partial charge in [0.2, 0.25) is 11.9 Å². The van der Waals surface area contributed by atoms with Crippen LogP contribution in [-0.4, -0.2) is 31.5 Å². The summed E-state index contributed by atoms with van der Waals surface area (Å²) in [6, 6.07) is 16.5. The lowest BCUT2D eigenvalue weighted by Crippen LogP contribution is -2.26. The molecule has 5 rings (SSSR count). The second-order valence-corrected chi connectivity index (χ2v) is 8.90. The number of anilines is 1. The van der Waals surface area contributed by atoms with Gasteiger partial charge in [0.1, 0.15) is 12.4 Å². The fourth-order valence-electron chi connectivity index (χ4n) is 4.41. The zero-order valence-electron chi connectivity index (χ0n) is 19.8. The van der Waals surface area contributed by atoms with Gasteiger partial charge in [-0.3, -0.25) is 5.32 Å². The monoisotopic (exact) mass is 507 g/mol. The van der Waals surface area contributed by atoms with Crippen LogP contribution in [0.15, 0.2) is 73.2 Å². The fourth-order valence-corrected chi connectivity index (χ4v) is 4.41. The summed E-state index contributed by atoms with van der Waals surface area (Å²) in [6.07, 6.45) is 2.49. The molecule has 1 fully saturated rings. The van der Waals surface area contributed by atoms with Gasteiger partial charge in [0, 0.05) is 30.6 Å². The first-order valence-corrected chi connectivity index (χ1v) is 11.9. The maximum absolute atomic E-state index is 13.8. The van der Waals surface area contributed by atoms with Crippen molar-refractivity contribution in [2.45, 2.75) is 44.3 Å². The van der Waals surface area contributed by atoms with Crippen molar-refractivity contribution in [1.82, 2.24) is 19.5 Å². The quantitative estimate of drug-likeness (QED) is 0.316. The van der Waals surface area contributed by atoms with E-state index in [2.05, 4.69) is 20.3 Å². The highest BCUT2D eigenvalue weighted by atomic mass is 19.3. The van der Waals surface area contributed by atoms with Gasteiger partial charge >= 0.3 is 6.09 Å². The van der Waals surface area contributed by atoms with Gasteiger partial charge in [-0.05, 0) is 48.7 Å². The molecule has 1 N–H and O–H groups in total. The number of carbonyl (C=O) groups excluding carboxylic acids is 1. The first kappa shape index (κ1) is 24.5. The molecule has 2 aromatic heterocycles. The smallest absolute Gasteiger partial charge is 0.414 e. The number of rotatable bonds is 6. The summed E-state index contributed by atoms with van der Waals surface area (Å²) in [6.45, 7) is 0.0835. The summed E-state index contributed by atoms with van der Waals surface area (Å²) in [7, 11) is 0. The molecular formula is C27H24F3N5O2. The van der Waals surface area contributed by atoms with Crippen LogP contribution >= 0.6 is 0 Å². The molecule has 1 saturated carbocycles. The molecule has 0 saturated heterocycles. The summed E-state index contributed by atoms with van der Waals surface area (Å²) < 4.78 is 48.3. The number of imidazole rings is 1. The van der Waals surface area contributed by atoms with E-state index in [4.69, 9.17) is 4.74 Å². The topological polar surface area (TPSA) is 81.9 Å². The SMILES string of the molecule is O=C(Nc1nccc(-c2c(-c3ccc(F)cc3)ncn2C2CCC(F)(F)CC2)n1)OCc1ccccc1. The lowest BCUT2D eigenvalue weighted by Gasteiger charge is -2.30. The van der Waals surface area contributed by atoms with E-state index >= 15 is 0 Å². The lowest BCUT2D eigenvalue weighted by atomic mass is 9.91. The highest BCUT2D eigenvalue weighted by Gasteiger charge is 2.36. The Balaban J connectivity index is 1.43. The number of hydrogen-bond donors (Lipinski definition) is 1. The summed E-state index contributed by atoms with van der Waals surface area (Å²) >= 11 is 0. The number of nitrogens with one attached hydrogen (secondary N) is 1. The minimum atomic E-state index is -2.68. The van der Waals surface area contributed by atoms with Gasteiger partial charge in [-0.25, -0.2) is 32.9 Å². The van der Waals surface area contributed by atoms with E-state index in [0.29, 0.717) is 22.6 Å². The van der Waals surface area contributed by atoms with Gasteiger partial charge in [0.15, 0.2) is 0 Å². The van der Waals surface area contributed by atoms with E-state index in [1.54, 1.807) is 24.5 Å². The molecule has 0 bridgehead atoms. The van der Waals surface area contributed by atoms with Crippen molar-refractivity contribution < 1.29 is 22.7 Å². The predicted molar refractivity (Wildman–Crippen MR) is 131 cm³/mol. The number of halogens is 3. The number of aromatic nitrogens is 4. The molecule has 7 nitrogen and oxygen atoms in total. The van der Waals surface area contributed by atoms with Crippen molar-refractivity contribution in [3.05, 3.63) is 84.6 Å². The standard InChI is InChI=1S/C27H24F3N5O2/c28-20-8-6-19(7-9-20)23-24(35(17-32-23)21-10-13-27(29,30)14-11-21)22-12-15-31-25(33-22)34-26(36)37-16-18-4-2-1-3-5-18/h1-9,12,15,17,21H,10-11,13-14,16H2,(H,31,33,34,36). The van der Waals surface area contributed by atoms with Crippen molar-refractivity contribution in [2.75, 3.05) is 5.32 Å². The van der Waals surface area contributed by atoms with Crippen LogP contribution in [0.5, 0.6) is 0 Å². The Morgan fingerprint density at radius 3 is 2.49 bits per heavy atom. The molecule has 10 heteroatoms. The maximum atomic E-state index is 13.8. The van der Waals surface area contributed by atoms with Crippen LogP contribution in [0.3, 0.4) is 0 Å². The molecule has 0 atom stereocenters. The normalized spacial score (nSPS) is 15.3. The Morgan fingerprint density at radius 2 is 1.76 bits per heavy atom. The molecule has 0 unspecified atom stereocenters. The van der Waals surface area contributed by atoms with Crippen molar-refractivity contribution in [3.63, 3.8) is 0 Å². The largest absolute Gasteiger partial charge is 0.444 e. The van der Waals surface area contributed by atoms with Crippen LogP contribution in [0.2, 0.25) is 0 Å². The second kappa shape index (κ2) is 10.4. The predicted octanol–water partition coefficient (Wildman–Crippen LogP) is 6.65. The molecule has 1 amide bonds. The molecular weight excluding hydrogens is 483 g/mol. The van der Waals surface area contributed by atoms with E-state index in [0.717, 1.165) is 5.56 Å². The van der Waals surface area contributed by atoms with E-state index in [-0.39, 0.29) is 50.1 Å². The maximum Gasteiger partial charge on any atom is 0.414 e. The third-order valence-corrected chi connectivity index (χ3v) is 6.32. The van der Waals surface area contributed by atoms with Gasteiger partial charge < -0.3 is 9.30 Å². The summed E-state index contributed by atoms with van der Waals surface area (Å²) in [5, 5.41) is 2.53. The third kappa shape index (κ3) is 5.79. The summed E-state index contributed by atoms with van der Waals surface area (Å²) in [4.78, 5) is 25.5. The van der Waals surface area contributed by atoms with Crippen LogP contribution in [0, 0.1) is 5.82 Å². The van der Waals surface area contributed by atoms with Crippen LogP contribution in [0.25, 0.3) is 22.6 Å². The van der Waals surface area contributed by atoms with Gasteiger partial charge in [-0.2, -0.15) is 0 Å². The highest BCUT2D eigenvalue weighted by Crippen LogP contribution is 2.41. The molecule has 1 aliphatic carbocycles. The Labute approximate surface area is 211 Å². The number of benzene rings is 2. The van der Waals surface area contributed by atoms with E-state index in [1.807, 2.05) is 34.9 Å². The van der Waals surface area contributed by atoms with Gasteiger partial charge in [-0.15, -0.1) is 0 Å². The second-order valence-electron chi connectivity index (χ2n) is 8.90. The lowest BCUT2D eigenvalue weighted by molar-refractivity contribution is -0.0438. The number of nitrogens with zero attached hydrogens (tertiary/aromatic N) is 4. The van der Waals surface area contributed by atoms with Crippen LogP contribution in [0.1, 0.15) is 37.3 Å². The molecule has 0 aliphatic heterocycles. The molecule has 2 heterocycles. The van der Waals surface area contributed by atoms with Crippen LogP contribution in [-0.2, 0) is 11.3 Å². The molecule has 4 aromatic rings. The van der Waals surface area contributed by atoms with Gasteiger partial charge in [0.05, 0.1) is 23.4 Å². The Morgan fingerprint density at radius 1 is 1.03 bits per heavy atom. The van der Waals surface area contributed by atoms with Crippen LogP contribution in [0.4, 0.5) is 23.9 Å². The first-order chi connectivity index (χ1) is 17.9.